The molecule has 3 atom stereocenters. The van der Waals surface area contributed by atoms with Crippen molar-refractivity contribution in [3.63, 3.8) is 0 Å². The van der Waals surface area contributed by atoms with E-state index < -0.39 is 17.7 Å². The molecule has 1 unspecified atom stereocenters. The minimum atomic E-state index is -0.442. The number of rotatable bonds is 7. The van der Waals surface area contributed by atoms with Gasteiger partial charge >= 0.3 is 0 Å². The van der Waals surface area contributed by atoms with E-state index in [2.05, 4.69) is 5.32 Å². The van der Waals surface area contributed by atoms with E-state index in [1.165, 1.54) is 0 Å². The number of carbonyl (C=O) groups is 2. The number of primary amides is 1. The summed E-state index contributed by atoms with van der Waals surface area (Å²) in [5, 5.41) is 3.05. The predicted octanol–water partition coefficient (Wildman–Crippen LogP) is 3.43. The lowest BCUT2D eigenvalue weighted by atomic mass is 9.70. The average Bonchev–Trinajstić information content (AvgIpc) is 2.46. The molecule has 0 aromatic heterocycles. The fourth-order valence-corrected chi connectivity index (χ4v) is 3.09. The van der Waals surface area contributed by atoms with E-state index in [0.29, 0.717) is 6.42 Å². The Labute approximate surface area is 139 Å². The summed E-state index contributed by atoms with van der Waals surface area (Å²) < 4.78 is 0. The van der Waals surface area contributed by atoms with E-state index in [-0.39, 0.29) is 17.4 Å². The molecular formula is C19H30N2O2. The van der Waals surface area contributed by atoms with Crippen LogP contribution in [-0.4, -0.2) is 11.8 Å². The van der Waals surface area contributed by atoms with Gasteiger partial charge in [-0.3, -0.25) is 9.59 Å². The molecule has 0 fully saturated rings. The number of hydrogen-bond acceptors (Lipinski definition) is 2. The molecule has 23 heavy (non-hydrogen) atoms. The Hall–Kier alpha value is -1.84. The highest BCUT2D eigenvalue weighted by molar-refractivity contribution is 5.87. The van der Waals surface area contributed by atoms with Crippen LogP contribution in [0.1, 0.15) is 59.1 Å². The number of nitrogens with two attached hydrogens (primary N) is 1. The van der Waals surface area contributed by atoms with Crippen LogP contribution in [0.2, 0.25) is 0 Å². The Morgan fingerprint density at radius 1 is 1.17 bits per heavy atom. The average molecular weight is 318 g/mol. The van der Waals surface area contributed by atoms with Gasteiger partial charge in [-0.15, -0.1) is 0 Å². The lowest BCUT2D eigenvalue weighted by Gasteiger charge is -2.35. The molecule has 2 amide bonds. The normalized spacial score (nSPS) is 15.5. The smallest absolute Gasteiger partial charge is 0.224 e. The Balaban J connectivity index is 2.98. The van der Waals surface area contributed by atoms with E-state index in [4.69, 9.17) is 5.73 Å². The first kappa shape index (κ1) is 19.2. The van der Waals surface area contributed by atoms with Crippen molar-refractivity contribution in [2.45, 2.75) is 53.5 Å². The van der Waals surface area contributed by atoms with Crippen molar-refractivity contribution in [3.05, 3.63) is 35.9 Å². The number of nitrogens with one attached hydrogen (secondary N) is 1. The van der Waals surface area contributed by atoms with Crippen LogP contribution < -0.4 is 11.1 Å². The van der Waals surface area contributed by atoms with Gasteiger partial charge in [0.15, 0.2) is 0 Å². The van der Waals surface area contributed by atoms with Gasteiger partial charge in [0.1, 0.15) is 0 Å². The maximum Gasteiger partial charge on any atom is 0.224 e. The Morgan fingerprint density at radius 2 is 1.74 bits per heavy atom. The van der Waals surface area contributed by atoms with E-state index in [9.17, 15) is 9.59 Å². The standard InChI is InChI=1S/C19H30N2O2/c1-6-10-15(17(20)22)16(19(3,4)5)18(23)21-13(2)14-11-8-7-9-12-14/h7-9,11-13,15-16H,6,10H2,1-5H3,(H2,20,22)(H,21,23)/t13-,15?,16-/m1/s1. The highest BCUT2D eigenvalue weighted by atomic mass is 16.2. The summed E-state index contributed by atoms with van der Waals surface area (Å²) >= 11 is 0. The van der Waals surface area contributed by atoms with Crippen LogP contribution >= 0.6 is 0 Å². The second-order valence-corrected chi connectivity index (χ2v) is 7.28. The van der Waals surface area contributed by atoms with E-state index in [0.717, 1.165) is 12.0 Å². The van der Waals surface area contributed by atoms with Gasteiger partial charge < -0.3 is 11.1 Å². The Morgan fingerprint density at radius 3 is 2.17 bits per heavy atom. The minimum Gasteiger partial charge on any atom is -0.369 e. The molecule has 1 aromatic carbocycles. The molecule has 128 valence electrons. The number of carbonyl (C=O) groups excluding carboxylic acids is 2. The van der Waals surface area contributed by atoms with Gasteiger partial charge in [-0.25, -0.2) is 0 Å². The van der Waals surface area contributed by atoms with Crippen molar-refractivity contribution in [2.24, 2.45) is 23.0 Å². The van der Waals surface area contributed by atoms with Crippen molar-refractivity contribution in [2.75, 3.05) is 0 Å². The SMILES string of the molecule is CCCC(C(N)=O)[C@H](C(=O)N[C@H](C)c1ccccc1)C(C)(C)C. The van der Waals surface area contributed by atoms with Gasteiger partial charge in [-0.05, 0) is 24.3 Å². The van der Waals surface area contributed by atoms with E-state index in [1.807, 2.05) is 65.0 Å². The van der Waals surface area contributed by atoms with Gasteiger partial charge in [0.25, 0.3) is 0 Å². The topological polar surface area (TPSA) is 72.2 Å². The molecule has 0 saturated heterocycles. The molecule has 3 N–H and O–H groups in total. The van der Waals surface area contributed by atoms with Gasteiger partial charge in [0.2, 0.25) is 11.8 Å². The number of amides is 2. The lowest BCUT2D eigenvalue weighted by Crippen LogP contribution is -2.47. The fraction of sp³-hybridized carbons (Fsp3) is 0.579. The summed E-state index contributed by atoms with van der Waals surface area (Å²) in [6.07, 6.45) is 1.45. The third kappa shape index (κ3) is 5.38. The van der Waals surface area contributed by atoms with Crippen LogP contribution in [-0.2, 0) is 9.59 Å². The van der Waals surface area contributed by atoms with E-state index >= 15 is 0 Å². The zero-order valence-electron chi connectivity index (χ0n) is 14.9. The second-order valence-electron chi connectivity index (χ2n) is 7.28. The van der Waals surface area contributed by atoms with Gasteiger partial charge in [0.05, 0.1) is 12.0 Å². The molecule has 4 nitrogen and oxygen atoms in total. The third-order valence-corrected chi connectivity index (χ3v) is 4.24. The predicted molar refractivity (Wildman–Crippen MR) is 93.5 cm³/mol. The maximum absolute atomic E-state index is 12.9. The van der Waals surface area contributed by atoms with Crippen LogP contribution in [0.4, 0.5) is 0 Å². The summed E-state index contributed by atoms with van der Waals surface area (Å²) in [6.45, 7) is 9.90. The number of hydrogen-bond donors (Lipinski definition) is 2. The molecule has 0 saturated carbocycles. The second kappa shape index (κ2) is 8.14. The Kier molecular flexibility index (Phi) is 6.79. The molecule has 1 rings (SSSR count). The first-order chi connectivity index (χ1) is 10.7. The third-order valence-electron chi connectivity index (χ3n) is 4.24. The highest BCUT2D eigenvalue weighted by Crippen LogP contribution is 2.35. The molecule has 0 heterocycles. The van der Waals surface area contributed by atoms with Gasteiger partial charge in [0, 0.05) is 5.92 Å². The van der Waals surface area contributed by atoms with Gasteiger partial charge in [-0.1, -0.05) is 64.4 Å². The summed E-state index contributed by atoms with van der Waals surface area (Å²) in [4.78, 5) is 24.8. The van der Waals surface area contributed by atoms with Crippen LogP contribution in [0.15, 0.2) is 30.3 Å². The van der Waals surface area contributed by atoms with Crippen LogP contribution in [0.5, 0.6) is 0 Å². The molecule has 0 radical (unpaired) electrons. The monoisotopic (exact) mass is 318 g/mol. The Bertz CT molecular complexity index is 520. The zero-order valence-corrected chi connectivity index (χ0v) is 14.9. The minimum absolute atomic E-state index is 0.105. The molecule has 0 aliphatic heterocycles. The fourth-order valence-electron chi connectivity index (χ4n) is 3.09. The first-order valence-corrected chi connectivity index (χ1v) is 8.33. The highest BCUT2D eigenvalue weighted by Gasteiger charge is 2.40. The molecule has 0 aliphatic carbocycles. The number of benzene rings is 1. The molecule has 4 heteroatoms. The van der Waals surface area contributed by atoms with Crippen molar-refractivity contribution < 1.29 is 9.59 Å². The van der Waals surface area contributed by atoms with Crippen LogP contribution in [0, 0.1) is 17.3 Å². The van der Waals surface area contributed by atoms with Crippen molar-refractivity contribution in [1.82, 2.24) is 5.32 Å². The summed E-state index contributed by atoms with van der Waals surface area (Å²) in [6, 6.07) is 9.69. The van der Waals surface area contributed by atoms with Crippen molar-refractivity contribution in [3.8, 4) is 0 Å². The van der Waals surface area contributed by atoms with Gasteiger partial charge in [-0.2, -0.15) is 0 Å². The summed E-state index contributed by atoms with van der Waals surface area (Å²) in [7, 11) is 0. The van der Waals surface area contributed by atoms with Crippen LogP contribution in [0.3, 0.4) is 0 Å². The van der Waals surface area contributed by atoms with Crippen LogP contribution in [0.25, 0.3) is 0 Å². The molecule has 0 aliphatic rings. The maximum atomic E-state index is 12.9. The molecule has 1 aromatic rings. The summed E-state index contributed by atoms with van der Waals surface area (Å²) in [5.74, 6) is -1.38. The zero-order chi connectivity index (χ0) is 17.6. The first-order valence-electron chi connectivity index (χ1n) is 8.33. The van der Waals surface area contributed by atoms with Crippen molar-refractivity contribution >= 4 is 11.8 Å². The molecule has 0 bridgehead atoms. The lowest BCUT2D eigenvalue weighted by molar-refractivity contribution is -0.138. The van der Waals surface area contributed by atoms with E-state index in [1.54, 1.807) is 0 Å². The molecule has 0 spiro atoms. The quantitative estimate of drug-likeness (QED) is 0.808. The van der Waals surface area contributed by atoms with Crippen molar-refractivity contribution in [1.29, 1.82) is 0 Å². The largest absolute Gasteiger partial charge is 0.369 e. The molecular weight excluding hydrogens is 288 g/mol. The summed E-state index contributed by atoms with van der Waals surface area (Å²) in [5.41, 5.74) is 6.28.